The van der Waals surface area contributed by atoms with Crippen LogP contribution in [0.15, 0.2) is 0 Å². The first-order valence-electron chi connectivity index (χ1n) is 4.00. The van der Waals surface area contributed by atoms with Gasteiger partial charge < -0.3 is 0 Å². The molecule has 0 aromatic heterocycles. The highest BCUT2D eigenvalue weighted by Gasteiger charge is 2.22. The zero-order valence-corrected chi connectivity index (χ0v) is 9.33. The molecule has 0 aliphatic heterocycles. The summed E-state index contributed by atoms with van der Waals surface area (Å²) in [6, 6.07) is 0. The van der Waals surface area contributed by atoms with E-state index in [0.717, 1.165) is 11.8 Å². The maximum Gasteiger partial charge on any atom is 0.00626 e. The molecule has 1 rings (SSSR count). The highest BCUT2D eigenvalue weighted by atomic mass is 79.9. The van der Waals surface area contributed by atoms with Crippen molar-refractivity contribution in [2.75, 3.05) is 10.7 Å². The second-order valence-corrected chi connectivity index (χ2v) is 4.41. The molecule has 0 nitrogen and oxygen atoms in total. The van der Waals surface area contributed by atoms with E-state index in [0.29, 0.717) is 0 Å². The van der Waals surface area contributed by atoms with E-state index in [1.165, 1.54) is 36.3 Å². The Morgan fingerprint density at radius 3 is 1.60 bits per heavy atom. The Labute approximate surface area is 80.0 Å². The minimum atomic E-state index is 0.938. The van der Waals surface area contributed by atoms with Crippen LogP contribution in [0, 0.1) is 11.8 Å². The minimum absolute atomic E-state index is 0.938. The average Bonchev–Trinajstić information content (AvgIpc) is 2.04. The Balaban J connectivity index is 2.34. The third-order valence-corrected chi connectivity index (χ3v) is 4.13. The van der Waals surface area contributed by atoms with E-state index in [4.69, 9.17) is 0 Å². The van der Waals surface area contributed by atoms with Gasteiger partial charge in [-0.25, -0.2) is 0 Å². The summed E-state index contributed by atoms with van der Waals surface area (Å²) >= 11 is 7.14. The lowest BCUT2D eigenvalue weighted by Crippen LogP contribution is -2.21. The quantitative estimate of drug-likeness (QED) is 0.673. The Morgan fingerprint density at radius 1 is 0.900 bits per heavy atom. The van der Waals surface area contributed by atoms with E-state index >= 15 is 0 Å². The summed E-state index contributed by atoms with van der Waals surface area (Å²) in [5.74, 6) is 1.88. The molecule has 0 N–H and O–H groups in total. The third kappa shape index (κ3) is 2.23. The lowest BCUT2D eigenvalue weighted by molar-refractivity contribution is 0.290. The molecule has 0 spiro atoms. The fourth-order valence-electron chi connectivity index (χ4n) is 1.69. The van der Waals surface area contributed by atoms with E-state index < -0.39 is 0 Å². The molecule has 1 unspecified atom stereocenters. The van der Waals surface area contributed by atoms with Gasteiger partial charge in [0.1, 0.15) is 0 Å². The number of hydrogen-bond acceptors (Lipinski definition) is 0. The molecule has 60 valence electrons. The van der Waals surface area contributed by atoms with Gasteiger partial charge in [0.2, 0.25) is 0 Å². The molecule has 2 atom stereocenters. The molecule has 2 heteroatoms. The Hall–Kier alpha value is 0.960. The Morgan fingerprint density at radius 2 is 1.30 bits per heavy atom. The van der Waals surface area contributed by atoms with Crippen LogP contribution in [-0.2, 0) is 0 Å². The van der Waals surface area contributed by atoms with Crippen LogP contribution in [0.25, 0.3) is 0 Å². The third-order valence-electron chi connectivity index (χ3n) is 2.46. The zero-order chi connectivity index (χ0) is 7.40. The SMILES string of the molecule is BrCC1CCCC[C@@H]1CBr. The zero-order valence-electron chi connectivity index (χ0n) is 6.15. The average molecular weight is 270 g/mol. The Bertz CT molecular complexity index is 81.3. The predicted molar refractivity (Wildman–Crippen MR) is 53.0 cm³/mol. The summed E-state index contributed by atoms with van der Waals surface area (Å²) in [5, 5.41) is 2.40. The van der Waals surface area contributed by atoms with E-state index in [1.54, 1.807) is 0 Å². The van der Waals surface area contributed by atoms with Crippen molar-refractivity contribution in [2.45, 2.75) is 25.7 Å². The molecule has 0 radical (unpaired) electrons. The van der Waals surface area contributed by atoms with Gasteiger partial charge in [-0.1, -0.05) is 44.7 Å². The van der Waals surface area contributed by atoms with Crippen LogP contribution in [0.5, 0.6) is 0 Å². The van der Waals surface area contributed by atoms with Crippen molar-refractivity contribution in [2.24, 2.45) is 11.8 Å². The van der Waals surface area contributed by atoms with Gasteiger partial charge in [-0.05, 0) is 24.7 Å². The normalized spacial score (nSPS) is 34.2. The van der Waals surface area contributed by atoms with Crippen LogP contribution in [0.1, 0.15) is 25.7 Å². The molecule has 1 saturated carbocycles. The van der Waals surface area contributed by atoms with Crippen molar-refractivity contribution < 1.29 is 0 Å². The van der Waals surface area contributed by atoms with Crippen molar-refractivity contribution in [1.29, 1.82) is 0 Å². The van der Waals surface area contributed by atoms with Gasteiger partial charge in [0.05, 0.1) is 0 Å². The summed E-state index contributed by atoms with van der Waals surface area (Å²) in [6.45, 7) is 0. The number of halogens is 2. The molecule has 1 fully saturated rings. The van der Waals surface area contributed by atoms with Gasteiger partial charge in [-0.15, -0.1) is 0 Å². The van der Waals surface area contributed by atoms with Crippen molar-refractivity contribution in [3.63, 3.8) is 0 Å². The van der Waals surface area contributed by atoms with Gasteiger partial charge in [0.25, 0.3) is 0 Å². The molecule has 0 saturated heterocycles. The second-order valence-electron chi connectivity index (χ2n) is 3.11. The highest BCUT2D eigenvalue weighted by Crippen LogP contribution is 2.32. The molecular weight excluding hydrogens is 256 g/mol. The van der Waals surface area contributed by atoms with Crippen molar-refractivity contribution >= 4 is 31.9 Å². The highest BCUT2D eigenvalue weighted by molar-refractivity contribution is 9.09. The first-order valence-corrected chi connectivity index (χ1v) is 6.24. The van der Waals surface area contributed by atoms with Crippen LogP contribution >= 0.6 is 31.9 Å². The van der Waals surface area contributed by atoms with E-state index in [9.17, 15) is 0 Å². The van der Waals surface area contributed by atoms with E-state index in [-0.39, 0.29) is 0 Å². The van der Waals surface area contributed by atoms with Crippen LogP contribution in [-0.4, -0.2) is 10.7 Å². The van der Waals surface area contributed by atoms with E-state index in [2.05, 4.69) is 31.9 Å². The summed E-state index contributed by atoms with van der Waals surface area (Å²) in [6.07, 6.45) is 5.75. The van der Waals surface area contributed by atoms with Crippen molar-refractivity contribution in [3.8, 4) is 0 Å². The van der Waals surface area contributed by atoms with Crippen molar-refractivity contribution in [3.05, 3.63) is 0 Å². The van der Waals surface area contributed by atoms with Gasteiger partial charge in [0.15, 0.2) is 0 Å². The molecule has 1 aliphatic rings. The predicted octanol–water partition coefficient (Wildman–Crippen LogP) is 3.58. The van der Waals surface area contributed by atoms with Crippen LogP contribution in [0.4, 0.5) is 0 Å². The molecule has 0 heterocycles. The van der Waals surface area contributed by atoms with Crippen LogP contribution in [0.2, 0.25) is 0 Å². The smallest absolute Gasteiger partial charge is 0.00626 e. The minimum Gasteiger partial charge on any atom is -0.0925 e. The number of rotatable bonds is 2. The summed E-state index contributed by atoms with van der Waals surface area (Å²) in [5.41, 5.74) is 0. The van der Waals surface area contributed by atoms with Crippen molar-refractivity contribution in [1.82, 2.24) is 0 Å². The number of alkyl halides is 2. The maximum atomic E-state index is 3.57. The molecule has 0 bridgehead atoms. The molecule has 0 amide bonds. The van der Waals surface area contributed by atoms with Crippen LogP contribution in [0.3, 0.4) is 0 Å². The first-order chi connectivity index (χ1) is 4.88. The van der Waals surface area contributed by atoms with Gasteiger partial charge >= 0.3 is 0 Å². The Kier molecular flexibility index (Phi) is 4.31. The summed E-state index contributed by atoms with van der Waals surface area (Å²) in [7, 11) is 0. The fraction of sp³-hybridized carbons (Fsp3) is 1.00. The summed E-state index contributed by atoms with van der Waals surface area (Å²) in [4.78, 5) is 0. The second kappa shape index (κ2) is 4.76. The van der Waals surface area contributed by atoms with Gasteiger partial charge in [0, 0.05) is 10.7 Å². The molecule has 0 aromatic carbocycles. The maximum absolute atomic E-state index is 3.57. The van der Waals surface area contributed by atoms with Crippen LogP contribution < -0.4 is 0 Å². The number of hydrogen-bond donors (Lipinski definition) is 0. The summed E-state index contributed by atoms with van der Waals surface area (Å²) < 4.78 is 0. The molecular formula is C8H14Br2. The standard InChI is InChI=1S/C8H14Br2/c9-5-7-3-1-2-4-8(7)6-10/h7-8H,1-6H2/t7-,8?/m1/s1. The molecule has 0 aromatic rings. The topological polar surface area (TPSA) is 0 Å². The lowest BCUT2D eigenvalue weighted by Gasteiger charge is -2.28. The van der Waals surface area contributed by atoms with E-state index in [1.807, 2.05) is 0 Å². The first kappa shape index (κ1) is 9.05. The molecule has 1 aliphatic carbocycles. The largest absolute Gasteiger partial charge is 0.0925 e. The van der Waals surface area contributed by atoms with Gasteiger partial charge in [-0.3, -0.25) is 0 Å². The lowest BCUT2D eigenvalue weighted by atomic mass is 9.82. The van der Waals surface area contributed by atoms with Gasteiger partial charge in [-0.2, -0.15) is 0 Å². The fourth-order valence-corrected chi connectivity index (χ4v) is 3.40. The molecule has 10 heavy (non-hydrogen) atoms. The monoisotopic (exact) mass is 268 g/mol.